The zero-order valence-electron chi connectivity index (χ0n) is 8.23. The van der Waals surface area contributed by atoms with Crippen LogP contribution in [0, 0.1) is 6.92 Å². The van der Waals surface area contributed by atoms with E-state index < -0.39 is 0 Å². The van der Waals surface area contributed by atoms with Crippen LogP contribution >= 0.6 is 11.3 Å². The maximum absolute atomic E-state index is 9.14. The fourth-order valence-corrected chi connectivity index (χ4v) is 2.56. The van der Waals surface area contributed by atoms with Crippen molar-refractivity contribution >= 4 is 17.2 Å². The molecule has 1 aromatic rings. The van der Waals surface area contributed by atoms with Gasteiger partial charge in [0, 0.05) is 11.8 Å². The minimum Gasteiger partial charge on any atom is -0.470 e. The van der Waals surface area contributed by atoms with Crippen LogP contribution in [0.25, 0.3) is 0 Å². The van der Waals surface area contributed by atoms with E-state index in [1.165, 1.54) is 5.56 Å². The first-order valence-corrected chi connectivity index (χ1v) is 5.45. The van der Waals surface area contributed by atoms with Crippen LogP contribution in [-0.4, -0.2) is 23.7 Å². The van der Waals surface area contributed by atoms with Gasteiger partial charge in [0.15, 0.2) is 12.0 Å². The zero-order chi connectivity index (χ0) is 10.1. The molecular weight excluding hydrogens is 198 g/mol. The summed E-state index contributed by atoms with van der Waals surface area (Å²) >= 11 is 1.66. The predicted octanol–water partition coefficient (Wildman–Crippen LogP) is 1.91. The second-order valence-electron chi connectivity index (χ2n) is 3.46. The Kier molecular flexibility index (Phi) is 2.56. The molecule has 0 aliphatic carbocycles. The maximum atomic E-state index is 9.14. The summed E-state index contributed by atoms with van der Waals surface area (Å²) in [5.74, 6) is 0.667. The van der Waals surface area contributed by atoms with Crippen molar-refractivity contribution in [3.63, 3.8) is 0 Å². The fraction of sp³-hybridized carbons (Fsp3) is 0.500. The Morgan fingerprint density at radius 3 is 2.93 bits per heavy atom. The normalized spacial score (nSPS) is 26.1. The number of nitrogens with zero attached hydrogens (tertiary/aromatic N) is 1. The highest BCUT2D eigenvalue weighted by Gasteiger charge is 2.30. The molecule has 0 amide bonds. The summed E-state index contributed by atoms with van der Waals surface area (Å²) in [7, 11) is 0. The first kappa shape index (κ1) is 9.68. The minimum atomic E-state index is -0.131. The van der Waals surface area contributed by atoms with Gasteiger partial charge in [0.05, 0.1) is 6.61 Å². The molecule has 0 aromatic carbocycles. The Morgan fingerprint density at radius 1 is 1.57 bits per heavy atom. The van der Waals surface area contributed by atoms with E-state index >= 15 is 0 Å². The van der Waals surface area contributed by atoms with E-state index in [2.05, 4.69) is 23.4 Å². The van der Waals surface area contributed by atoms with Gasteiger partial charge in [-0.1, -0.05) is 0 Å². The van der Waals surface area contributed by atoms with Gasteiger partial charge in [0.1, 0.15) is 6.04 Å². The second kappa shape index (κ2) is 3.71. The van der Waals surface area contributed by atoms with Crippen LogP contribution in [0.5, 0.6) is 0 Å². The third kappa shape index (κ3) is 1.67. The monoisotopic (exact) mass is 211 g/mol. The molecule has 14 heavy (non-hydrogen) atoms. The summed E-state index contributed by atoms with van der Waals surface area (Å²) in [5.41, 5.74) is 1.23. The molecule has 0 saturated carbocycles. The lowest BCUT2D eigenvalue weighted by Gasteiger charge is -2.13. The summed E-state index contributed by atoms with van der Waals surface area (Å²) in [6, 6.07) is 1.96. The second-order valence-corrected chi connectivity index (χ2v) is 4.41. The summed E-state index contributed by atoms with van der Waals surface area (Å²) in [4.78, 5) is 5.37. The highest BCUT2D eigenvalue weighted by atomic mass is 32.1. The van der Waals surface area contributed by atoms with Gasteiger partial charge in [-0.05, 0) is 23.9 Å². The van der Waals surface area contributed by atoms with Crippen molar-refractivity contribution in [3.05, 3.63) is 21.9 Å². The van der Waals surface area contributed by atoms with Gasteiger partial charge in [0.2, 0.25) is 0 Å². The van der Waals surface area contributed by atoms with Crippen LogP contribution in [-0.2, 0) is 4.74 Å². The summed E-state index contributed by atoms with van der Waals surface area (Å²) in [6.07, 6.45) is -0.0845. The van der Waals surface area contributed by atoms with Crippen molar-refractivity contribution < 1.29 is 9.84 Å². The number of hydrogen-bond donors (Lipinski definition) is 1. The molecule has 2 heterocycles. The van der Waals surface area contributed by atoms with Gasteiger partial charge in [0.25, 0.3) is 0 Å². The quantitative estimate of drug-likeness (QED) is 0.812. The first-order chi connectivity index (χ1) is 6.70. The van der Waals surface area contributed by atoms with Crippen molar-refractivity contribution in [2.75, 3.05) is 6.61 Å². The molecule has 0 fully saturated rings. The lowest BCUT2D eigenvalue weighted by molar-refractivity contribution is 0.153. The van der Waals surface area contributed by atoms with E-state index in [9.17, 15) is 0 Å². The lowest BCUT2D eigenvalue weighted by Crippen LogP contribution is -2.16. The molecule has 0 spiro atoms. The smallest absolute Gasteiger partial charge is 0.181 e. The molecule has 1 aliphatic rings. The lowest BCUT2D eigenvalue weighted by atomic mass is 10.1. The standard InChI is InChI=1S/C10H13NO2S/c1-6-3-9(14-5-6)10-8(4-12)11-7(2)13-10/h3,5,8,10,12H,4H2,1-2H3. The molecule has 0 saturated heterocycles. The van der Waals surface area contributed by atoms with Crippen molar-refractivity contribution in [1.82, 2.24) is 0 Å². The van der Waals surface area contributed by atoms with Crippen LogP contribution in [0.15, 0.2) is 16.4 Å². The molecule has 2 unspecified atom stereocenters. The first-order valence-electron chi connectivity index (χ1n) is 4.57. The predicted molar refractivity (Wildman–Crippen MR) is 56.9 cm³/mol. The number of aliphatic hydroxyl groups is 1. The van der Waals surface area contributed by atoms with Crippen LogP contribution in [0.1, 0.15) is 23.5 Å². The van der Waals surface area contributed by atoms with Crippen LogP contribution in [0.4, 0.5) is 0 Å². The summed E-state index contributed by atoms with van der Waals surface area (Å²) in [5, 5.41) is 11.2. The van der Waals surface area contributed by atoms with Crippen LogP contribution < -0.4 is 0 Å². The fourth-order valence-electron chi connectivity index (χ4n) is 1.58. The molecular formula is C10H13NO2S. The Balaban J connectivity index is 2.20. The van der Waals surface area contributed by atoms with Crippen molar-refractivity contribution in [3.8, 4) is 0 Å². The van der Waals surface area contributed by atoms with Gasteiger partial charge in [-0.3, -0.25) is 0 Å². The average Bonchev–Trinajstić information content (AvgIpc) is 2.71. The number of thiophene rings is 1. The molecule has 2 atom stereocenters. The van der Waals surface area contributed by atoms with E-state index in [-0.39, 0.29) is 18.8 Å². The topological polar surface area (TPSA) is 41.8 Å². The van der Waals surface area contributed by atoms with Crippen LogP contribution in [0.2, 0.25) is 0 Å². The largest absolute Gasteiger partial charge is 0.470 e. The molecule has 0 bridgehead atoms. The van der Waals surface area contributed by atoms with E-state index in [1.807, 2.05) is 6.92 Å². The summed E-state index contributed by atoms with van der Waals surface area (Å²) < 4.78 is 5.56. The Labute approximate surface area is 87.1 Å². The molecule has 1 N–H and O–H groups in total. The molecule has 76 valence electrons. The molecule has 1 aliphatic heterocycles. The third-order valence-corrected chi connectivity index (χ3v) is 3.32. The number of rotatable bonds is 2. The molecule has 1 aromatic heterocycles. The minimum absolute atomic E-state index is 0.0406. The number of aryl methyl sites for hydroxylation is 1. The van der Waals surface area contributed by atoms with Gasteiger partial charge in [-0.25, -0.2) is 4.99 Å². The van der Waals surface area contributed by atoms with Gasteiger partial charge in [-0.15, -0.1) is 11.3 Å². The van der Waals surface area contributed by atoms with E-state index in [0.29, 0.717) is 5.90 Å². The zero-order valence-corrected chi connectivity index (χ0v) is 9.04. The average molecular weight is 211 g/mol. The molecule has 2 rings (SSSR count). The van der Waals surface area contributed by atoms with Crippen molar-refractivity contribution in [1.29, 1.82) is 0 Å². The molecule has 3 nitrogen and oxygen atoms in total. The highest BCUT2D eigenvalue weighted by Crippen LogP contribution is 2.32. The Hall–Kier alpha value is -0.870. The molecule has 0 radical (unpaired) electrons. The molecule has 4 heteroatoms. The summed E-state index contributed by atoms with van der Waals surface area (Å²) in [6.45, 7) is 3.92. The number of hydrogen-bond acceptors (Lipinski definition) is 4. The van der Waals surface area contributed by atoms with Gasteiger partial charge < -0.3 is 9.84 Å². The maximum Gasteiger partial charge on any atom is 0.181 e. The number of aliphatic imine (C=N–C) groups is 1. The Morgan fingerprint density at radius 2 is 2.36 bits per heavy atom. The van der Waals surface area contributed by atoms with Gasteiger partial charge in [-0.2, -0.15) is 0 Å². The van der Waals surface area contributed by atoms with Crippen molar-refractivity contribution in [2.24, 2.45) is 4.99 Å². The van der Waals surface area contributed by atoms with E-state index in [4.69, 9.17) is 9.84 Å². The van der Waals surface area contributed by atoms with Gasteiger partial charge >= 0.3 is 0 Å². The van der Waals surface area contributed by atoms with E-state index in [0.717, 1.165) is 4.88 Å². The SMILES string of the molecule is CC1=NC(CO)C(c2cc(C)cs2)O1. The number of aliphatic hydroxyl groups excluding tert-OH is 1. The Bertz CT molecular complexity index is 359. The van der Waals surface area contributed by atoms with Crippen molar-refractivity contribution in [2.45, 2.75) is 26.0 Å². The third-order valence-electron chi connectivity index (χ3n) is 2.21. The number of ether oxygens (including phenoxy) is 1. The highest BCUT2D eigenvalue weighted by molar-refractivity contribution is 7.10. The van der Waals surface area contributed by atoms with E-state index in [1.54, 1.807) is 11.3 Å². The van der Waals surface area contributed by atoms with Crippen LogP contribution in [0.3, 0.4) is 0 Å².